The molecule has 0 saturated carbocycles. The summed E-state index contributed by atoms with van der Waals surface area (Å²) in [4.78, 5) is 19.7. The van der Waals surface area contributed by atoms with Crippen LogP contribution in [0.3, 0.4) is 0 Å². The summed E-state index contributed by atoms with van der Waals surface area (Å²) in [6.45, 7) is 0. The maximum atomic E-state index is 12.5. The number of aromatic nitrogens is 3. The van der Waals surface area contributed by atoms with E-state index in [-0.39, 0.29) is 5.56 Å². The molecule has 0 bridgehead atoms. The van der Waals surface area contributed by atoms with Gasteiger partial charge in [-0.3, -0.25) is 9.78 Å². The normalized spacial score (nSPS) is 11.4. The fraction of sp³-hybridized carbons (Fsp3) is 0.125. The first-order valence-electron chi connectivity index (χ1n) is 6.77. The van der Waals surface area contributed by atoms with Crippen LogP contribution in [0.15, 0.2) is 41.5 Å². The summed E-state index contributed by atoms with van der Waals surface area (Å²) in [5.74, 6) is 1.23. The highest BCUT2D eigenvalue weighted by atomic mass is 16.5. The van der Waals surface area contributed by atoms with Crippen LogP contribution in [-0.2, 0) is 0 Å². The highest BCUT2D eigenvalue weighted by molar-refractivity contribution is 5.99. The molecule has 110 valence electrons. The number of aromatic amines is 1. The molecule has 0 aliphatic carbocycles. The molecule has 1 aromatic carbocycles. The van der Waals surface area contributed by atoms with Gasteiger partial charge in [0.15, 0.2) is 0 Å². The maximum absolute atomic E-state index is 12.5. The summed E-state index contributed by atoms with van der Waals surface area (Å²) < 4.78 is 12.6. The molecular weight excluding hydrogens is 282 g/mol. The number of nitrogens with zero attached hydrogens (tertiary/aromatic N) is 2. The van der Waals surface area contributed by atoms with Crippen LogP contribution in [0, 0.1) is 0 Å². The molecule has 0 aliphatic rings. The lowest BCUT2D eigenvalue weighted by Gasteiger charge is -2.11. The van der Waals surface area contributed by atoms with Gasteiger partial charge >= 0.3 is 0 Å². The minimum Gasteiger partial charge on any atom is -0.494 e. The molecule has 0 fully saturated rings. The Kier molecular flexibility index (Phi) is 2.59. The fourth-order valence-electron chi connectivity index (χ4n) is 2.85. The maximum Gasteiger partial charge on any atom is 0.275 e. The summed E-state index contributed by atoms with van der Waals surface area (Å²) >= 11 is 0. The predicted molar refractivity (Wildman–Crippen MR) is 83.9 cm³/mol. The van der Waals surface area contributed by atoms with Crippen LogP contribution in [-0.4, -0.2) is 28.6 Å². The van der Waals surface area contributed by atoms with Crippen molar-refractivity contribution in [3.8, 4) is 11.5 Å². The molecule has 6 heteroatoms. The molecule has 1 N–H and O–H groups in total. The Bertz CT molecular complexity index is 1080. The average Bonchev–Trinajstić information content (AvgIpc) is 2.94. The number of hydrogen-bond donors (Lipinski definition) is 1. The third kappa shape index (κ3) is 1.54. The lowest BCUT2D eigenvalue weighted by molar-refractivity contribution is 0.408. The molecule has 0 atom stereocenters. The number of nitrogens with one attached hydrogen (secondary N) is 1. The van der Waals surface area contributed by atoms with Gasteiger partial charge in [0.05, 0.1) is 14.2 Å². The Hall–Kier alpha value is -3.02. The molecule has 0 aliphatic heterocycles. The van der Waals surface area contributed by atoms with Crippen LogP contribution in [0.25, 0.3) is 27.5 Å². The lowest BCUT2D eigenvalue weighted by Crippen LogP contribution is -2.11. The van der Waals surface area contributed by atoms with Gasteiger partial charge in [-0.25, -0.2) is 0 Å². The number of hydrogen-bond acceptors (Lipinski definition) is 4. The second kappa shape index (κ2) is 4.49. The highest BCUT2D eigenvalue weighted by Crippen LogP contribution is 2.32. The largest absolute Gasteiger partial charge is 0.494 e. The molecule has 0 saturated heterocycles. The van der Waals surface area contributed by atoms with E-state index in [1.807, 2.05) is 28.8 Å². The monoisotopic (exact) mass is 295 g/mol. The summed E-state index contributed by atoms with van der Waals surface area (Å²) in [6, 6.07) is 7.35. The van der Waals surface area contributed by atoms with Crippen LogP contribution in [0.1, 0.15) is 0 Å². The molecule has 3 aromatic heterocycles. The van der Waals surface area contributed by atoms with Gasteiger partial charge in [-0.05, 0) is 24.3 Å². The van der Waals surface area contributed by atoms with Gasteiger partial charge in [0.1, 0.15) is 33.6 Å². The van der Waals surface area contributed by atoms with Crippen molar-refractivity contribution in [2.75, 3.05) is 14.2 Å². The first-order chi connectivity index (χ1) is 10.7. The van der Waals surface area contributed by atoms with E-state index in [2.05, 4.69) is 9.97 Å². The van der Waals surface area contributed by atoms with Crippen molar-refractivity contribution in [1.82, 2.24) is 14.4 Å². The van der Waals surface area contributed by atoms with Crippen molar-refractivity contribution in [3.63, 3.8) is 0 Å². The molecule has 0 radical (unpaired) electrons. The third-order valence-electron chi connectivity index (χ3n) is 3.81. The van der Waals surface area contributed by atoms with Gasteiger partial charge in [0.2, 0.25) is 0 Å². The van der Waals surface area contributed by atoms with Crippen molar-refractivity contribution in [3.05, 3.63) is 47.0 Å². The van der Waals surface area contributed by atoms with Gasteiger partial charge in [-0.1, -0.05) is 0 Å². The minimum atomic E-state index is -0.215. The Morgan fingerprint density at radius 2 is 1.86 bits per heavy atom. The molecule has 0 amide bonds. The first kappa shape index (κ1) is 12.7. The van der Waals surface area contributed by atoms with E-state index in [1.165, 1.54) is 0 Å². The fourth-order valence-corrected chi connectivity index (χ4v) is 2.85. The van der Waals surface area contributed by atoms with Crippen molar-refractivity contribution in [1.29, 1.82) is 0 Å². The quantitative estimate of drug-likeness (QED) is 0.616. The van der Waals surface area contributed by atoms with Crippen LogP contribution >= 0.6 is 0 Å². The Morgan fingerprint density at radius 1 is 1.09 bits per heavy atom. The molecule has 3 heterocycles. The Balaban J connectivity index is 2.35. The first-order valence-corrected chi connectivity index (χ1v) is 6.77. The zero-order chi connectivity index (χ0) is 15.3. The number of methoxy groups -OCH3 is 2. The van der Waals surface area contributed by atoms with Gasteiger partial charge in [0.25, 0.3) is 5.56 Å². The average molecular weight is 295 g/mol. The summed E-state index contributed by atoms with van der Waals surface area (Å²) in [5, 5.41) is 0.894. The van der Waals surface area contributed by atoms with Crippen molar-refractivity contribution in [2.45, 2.75) is 0 Å². The highest BCUT2D eigenvalue weighted by Gasteiger charge is 2.16. The Morgan fingerprint density at radius 3 is 2.64 bits per heavy atom. The number of rotatable bonds is 2. The van der Waals surface area contributed by atoms with E-state index in [1.54, 1.807) is 26.5 Å². The molecular formula is C16H13N3O3. The van der Waals surface area contributed by atoms with E-state index >= 15 is 0 Å². The number of pyridine rings is 1. The molecule has 22 heavy (non-hydrogen) atoms. The van der Waals surface area contributed by atoms with Crippen molar-refractivity contribution < 1.29 is 9.47 Å². The van der Waals surface area contributed by atoms with E-state index in [0.717, 1.165) is 10.9 Å². The van der Waals surface area contributed by atoms with Crippen molar-refractivity contribution >= 4 is 27.5 Å². The van der Waals surface area contributed by atoms with E-state index in [9.17, 15) is 4.79 Å². The van der Waals surface area contributed by atoms with Crippen LogP contribution in [0.4, 0.5) is 0 Å². The summed E-state index contributed by atoms with van der Waals surface area (Å²) in [6.07, 6.45) is 3.56. The van der Waals surface area contributed by atoms with E-state index in [0.29, 0.717) is 28.0 Å². The van der Waals surface area contributed by atoms with Crippen LogP contribution in [0.2, 0.25) is 0 Å². The molecule has 6 nitrogen and oxygen atoms in total. The minimum absolute atomic E-state index is 0.215. The standard InChI is InChI=1S/C16H13N3O3/c1-21-10-5-6-11(22-2)14-13(10)18-16(20)15-12-9(8-19(14)15)4-3-7-17-12/h3-8H,1-2H3,(H,18,20). The van der Waals surface area contributed by atoms with Gasteiger partial charge in [0, 0.05) is 17.8 Å². The zero-order valence-electron chi connectivity index (χ0n) is 12.1. The number of H-pyrrole nitrogens is 1. The SMILES string of the molecule is COc1ccc(OC)c2c1[nH]c(=O)c1c3ncccc3cn21. The van der Waals surface area contributed by atoms with Crippen LogP contribution in [0.5, 0.6) is 11.5 Å². The summed E-state index contributed by atoms with van der Waals surface area (Å²) in [7, 11) is 3.16. The lowest BCUT2D eigenvalue weighted by atomic mass is 10.2. The second-order valence-electron chi connectivity index (χ2n) is 4.94. The third-order valence-corrected chi connectivity index (χ3v) is 3.81. The summed E-state index contributed by atoms with van der Waals surface area (Å²) in [5.41, 5.74) is 2.28. The van der Waals surface area contributed by atoms with E-state index in [4.69, 9.17) is 9.47 Å². The molecule has 4 aromatic rings. The van der Waals surface area contributed by atoms with Crippen LogP contribution < -0.4 is 15.0 Å². The number of benzene rings is 1. The van der Waals surface area contributed by atoms with E-state index < -0.39 is 0 Å². The second-order valence-corrected chi connectivity index (χ2v) is 4.94. The smallest absolute Gasteiger partial charge is 0.275 e. The topological polar surface area (TPSA) is 68.6 Å². The Labute approximate surface area is 124 Å². The molecule has 0 unspecified atom stereocenters. The van der Waals surface area contributed by atoms with Gasteiger partial charge < -0.3 is 18.9 Å². The van der Waals surface area contributed by atoms with Gasteiger partial charge in [-0.2, -0.15) is 0 Å². The predicted octanol–water partition coefficient (Wildman–Crippen LogP) is 2.35. The number of fused-ring (bicyclic) bond motifs is 5. The zero-order valence-corrected chi connectivity index (χ0v) is 12.1. The van der Waals surface area contributed by atoms with Crippen molar-refractivity contribution in [2.24, 2.45) is 0 Å². The number of ether oxygens (including phenoxy) is 2. The molecule has 4 rings (SSSR count). The van der Waals surface area contributed by atoms with Gasteiger partial charge in [-0.15, -0.1) is 0 Å². The molecule has 0 spiro atoms.